The van der Waals surface area contributed by atoms with Crippen LogP contribution in [0.5, 0.6) is 0 Å². The summed E-state index contributed by atoms with van der Waals surface area (Å²) in [5, 5.41) is 16.5. The summed E-state index contributed by atoms with van der Waals surface area (Å²) in [6.45, 7) is 3.76. The summed E-state index contributed by atoms with van der Waals surface area (Å²) in [4.78, 5) is 0. The van der Waals surface area contributed by atoms with E-state index in [1.54, 1.807) is 6.08 Å². The minimum atomic E-state index is 0.184. The van der Waals surface area contributed by atoms with Gasteiger partial charge in [0, 0.05) is 0 Å². The van der Waals surface area contributed by atoms with E-state index < -0.39 is 0 Å². The van der Waals surface area contributed by atoms with Crippen molar-refractivity contribution in [1.82, 2.24) is 5.23 Å². The molecule has 0 aromatic heterocycles. The first-order valence-corrected chi connectivity index (χ1v) is 2.53. The minimum absolute atomic E-state index is 0.184. The molecule has 0 aromatic carbocycles. The third-order valence-corrected chi connectivity index (χ3v) is 0.766. The van der Waals surface area contributed by atoms with Crippen molar-refractivity contribution in [3.8, 4) is 0 Å². The molecule has 0 aromatic rings. The summed E-state index contributed by atoms with van der Waals surface area (Å²) < 4.78 is 0. The molecule has 0 radical (unpaired) electrons. The van der Waals surface area contributed by atoms with Crippen LogP contribution in [0.2, 0.25) is 0 Å². The van der Waals surface area contributed by atoms with Crippen LogP contribution in [0.25, 0.3) is 0 Å². The Kier molecular flexibility index (Phi) is 4.54. The van der Waals surface area contributed by atoms with Crippen molar-refractivity contribution in [2.75, 3.05) is 6.54 Å². The quantitative estimate of drug-likeness (QED) is 0.328. The minimum Gasteiger partial charge on any atom is -0.290 e. The van der Waals surface area contributed by atoms with E-state index in [0.717, 1.165) is 12.8 Å². The maximum atomic E-state index is 8.13. The van der Waals surface area contributed by atoms with Crippen LogP contribution in [0.15, 0.2) is 12.7 Å². The van der Waals surface area contributed by atoms with Crippen molar-refractivity contribution in [2.24, 2.45) is 0 Å². The molecule has 2 N–H and O–H groups in total. The molecule has 0 saturated heterocycles. The van der Waals surface area contributed by atoms with Gasteiger partial charge >= 0.3 is 0 Å². The zero-order valence-corrected chi connectivity index (χ0v) is 4.75. The van der Waals surface area contributed by atoms with Gasteiger partial charge in [0.25, 0.3) is 0 Å². The van der Waals surface area contributed by atoms with Gasteiger partial charge in [0.2, 0.25) is 0 Å². The first-order chi connectivity index (χ1) is 3.77. The number of rotatable bonds is 4. The van der Waals surface area contributed by atoms with E-state index in [0.29, 0.717) is 0 Å². The molecule has 0 amide bonds. The predicted octanol–water partition coefficient (Wildman–Crippen LogP) is 1.03. The number of hydroxylamine groups is 2. The number of nitrogens with zero attached hydrogens (tertiary/aromatic N) is 1. The lowest BCUT2D eigenvalue weighted by atomic mass is 10.3. The SMILES string of the molecule is C=CCCCN(O)O. The van der Waals surface area contributed by atoms with E-state index in [4.69, 9.17) is 10.4 Å². The molecule has 0 rings (SSSR count). The third-order valence-electron chi connectivity index (χ3n) is 0.766. The first-order valence-electron chi connectivity index (χ1n) is 2.53. The van der Waals surface area contributed by atoms with E-state index in [9.17, 15) is 0 Å². The van der Waals surface area contributed by atoms with Crippen molar-refractivity contribution in [3.63, 3.8) is 0 Å². The van der Waals surface area contributed by atoms with E-state index in [-0.39, 0.29) is 11.8 Å². The maximum absolute atomic E-state index is 8.13. The third kappa shape index (κ3) is 5.62. The molecule has 0 aliphatic rings. The first kappa shape index (κ1) is 7.62. The second-order valence-electron chi connectivity index (χ2n) is 1.53. The van der Waals surface area contributed by atoms with Crippen LogP contribution >= 0.6 is 0 Å². The lowest BCUT2D eigenvalue weighted by molar-refractivity contribution is -0.306. The number of allylic oxidation sites excluding steroid dienone is 1. The summed E-state index contributed by atoms with van der Waals surface area (Å²) in [6.07, 6.45) is 3.29. The molecule has 3 nitrogen and oxygen atoms in total. The summed E-state index contributed by atoms with van der Waals surface area (Å²) in [6, 6.07) is 0. The molecule has 0 aliphatic heterocycles. The Hall–Kier alpha value is -0.380. The van der Waals surface area contributed by atoms with Crippen LogP contribution in [0.4, 0.5) is 0 Å². The highest BCUT2D eigenvalue weighted by Crippen LogP contribution is 1.88. The largest absolute Gasteiger partial charge is 0.290 e. The van der Waals surface area contributed by atoms with E-state index >= 15 is 0 Å². The second kappa shape index (κ2) is 4.77. The van der Waals surface area contributed by atoms with E-state index in [2.05, 4.69) is 6.58 Å². The lowest BCUT2D eigenvalue weighted by Crippen LogP contribution is -2.14. The molecular formula is C5H11NO2. The van der Waals surface area contributed by atoms with Crippen LogP contribution in [0.1, 0.15) is 12.8 Å². The summed E-state index contributed by atoms with van der Waals surface area (Å²) in [7, 11) is 0. The Balaban J connectivity index is 2.81. The smallest absolute Gasteiger partial charge is 0.0515 e. The van der Waals surface area contributed by atoms with Gasteiger partial charge in [-0.05, 0) is 12.8 Å². The van der Waals surface area contributed by atoms with Crippen molar-refractivity contribution in [2.45, 2.75) is 12.8 Å². The Morgan fingerprint density at radius 1 is 1.50 bits per heavy atom. The molecule has 0 saturated carbocycles. The topological polar surface area (TPSA) is 43.7 Å². The average molecular weight is 117 g/mol. The normalized spacial score (nSPS) is 9.88. The highest BCUT2D eigenvalue weighted by Gasteiger charge is 1.88. The lowest BCUT2D eigenvalue weighted by Gasteiger charge is -2.01. The molecule has 0 bridgehead atoms. The standard InChI is InChI=1S/C5H11NO2/c1-2-3-4-5-6(7)8/h2,7-8H,1,3-5H2. The molecule has 48 valence electrons. The van der Waals surface area contributed by atoms with Gasteiger partial charge in [0.15, 0.2) is 0 Å². The number of hydrogen-bond acceptors (Lipinski definition) is 3. The fraction of sp³-hybridized carbons (Fsp3) is 0.600. The van der Waals surface area contributed by atoms with Gasteiger partial charge in [-0.15, -0.1) is 6.58 Å². The maximum Gasteiger partial charge on any atom is 0.0515 e. The summed E-state index contributed by atoms with van der Waals surface area (Å²) in [5.74, 6) is 0. The van der Waals surface area contributed by atoms with Gasteiger partial charge in [0.05, 0.1) is 6.54 Å². The van der Waals surface area contributed by atoms with Crippen molar-refractivity contribution in [1.29, 1.82) is 0 Å². The monoisotopic (exact) mass is 117 g/mol. The van der Waals surface area contributed by atoms with Gasteiger partial charge in [-0.1, -0.05) is 11.3 Å². The Bertz CT molecular complexity index is 63.4. The Labute approximate surface area is 48.8 Å². The van der Waals surface area contributed by atoms with Crippen molar-refractivity contribution in [3.05, 3.63) is 12.7 Å². The molecule has 0 atom stereocenters. The zero-order valence-electron chi connectivity index (χ0n) is 4.75. The predicted molar refractivity (Wildman–Crippen MR) is 29.7 cm³/mol. The average Bonchev–Trinajstić information content (AvgIpc) is 1.66. The van der Waals surface area contributed by atoms with Gasteiger partial charge < -0.3 is 0 Å². The zero-order chi connectivity index (χ0) is 6.41. The van der Waals surface area contributed by atoms with Crippen LogP contribution in [0, 0.1) is 0 Å². The number of unbranched alkanes of at least 4 members (excludes halogenated alkanes) is 1. The molecular weight excluding hydrogens is 106 g/mol. The van der Waals surface area contributed by atoms with Gasteiger partial charge in [-0.25, -0.2) is 0 Å². The molecule has 0 heterocycles. The van der Waals surface area contributed by atoms with Crippen molar-refractivity contribution >= 4 is 0 Å². The Morgan fingerprint density at radius 3 is 2.50 bits per heavy atom. The highest BCUT2D eigenvalue weighted by molar-refractivity contribution is 4.65. The van der Waals surface area contributed by atoms with Gasteiger partial charge in [-0.3, -0.25) is 10.4 Å². The van der Waals surface area contributed by atoms with Crippen LogP contribution < -0.4 is 0 Å². The van der Waals surface area contributed by atoms with Crippen LogP contribution in [-0.4, -0.2) is 22.2 Å². The Morgan fingerprint density at radius 2 is 2.12 bits per heavy atom. The van der Waals surface area contributed by atoms with Crippen LogP contribution in [-0.2, 0) is 0 Å². The molecule has 0 fully saturated rings. The van der Waals surface area contributed by atoms with E-state index in [1.807, 2.05) is 0 Å². The molecule has 0 aliphatic carbocycles. The summed E-state index contributed by atoms with van der Waals surface area (Å²) >= 11 is 0. The molecule has 8 heavy (non-hydrogen) atoms. The molecule has 3 heteroatoms. The van der Waals surface area contributed by atoms with Gasteiger partial charge in [0.1, 0.15) is 0 Å². The fourth-order valence-electron chi connectivity index (χ4n) is 0.377. The van der Waals surface area contributed by atoms with E-state index in [1.165, 1.54) is 0 Å². The van der Waals surface area contributed by atoms with Gasteiger partial charge in [-0.2, -0.15) is 0 Å². The highest BCUT2D eigenvalue weighted by atomic mass is 16.8. The molecule has 0 unspecified atom stereocenters. The summed E-state index contributed by atoms with van der Waals surface area (Å²) in [5.41, 5.74) is 0. The second-order valence-corrected chi connectivity index (χ2v) is 1.53. The van der Waals surface area contributed by atoms with Crippen molar-refractivity contribution < 1.29 is 10.4 Å². The van der Waals surface area contributed by atoms with Crippen LogP contribution in [0.3, 0.4) is 0 Å². The fourth-order valence-corrected chi connectivity index (χ4v) is 0.377. The molecule has 0 spiro atoms. The number of hydrogen-bond donors (Lipinski definition) is 2.